The topological polar surface area (TPSA) is 78.9 Å². The molecule has 0 aliphatic carbocycles. The van der Waals surface area contributed by atoms with Gasteiger partial charge in [-0.2, -0.15) is 4.80 Å². The van der Waals surface area contributed by atoms with Crippen molar-refractivity contribution >= 4 is 0 Å². The van der Waals surface area contributed by atoms with E-state index in [-0.39, 0.29) is 11.8 Å². The third-order valence-corrected chi connectivity index (χ3v) is 2.56. The molecule has 2 N–H and O–H groups in total. The van der Waals surface area contributed by atoms with E-state index in [0.29, 0.717) is 17.8 Å². The van der Waals surface area contributed by atoms with E-state index in [1.54, 1.807) is 19.2 Å². The zero-order chi connectivity index (χ0) is 13.1. The first-order valence-corrected chi connectivity index (χ1v) is 5.42. The first kappa shape index (κ1) is 12.4. The summed E-state index contributed by atoms with van der Waals surface area (Å²) in [7, 11) is 3.09. The van der Waals surface area contributed by atoms with Gasteiger partial charge in [0.2, 0.25) is 0 Å². The summed E-state index contributed by atoms with van der Waals surface area (Å²) in [6.07, 6.45) is 0.402. The molecule has 0 radical (unpaired) electrons. The lowest BCUT2D eigenvalue weighted by Crippen LogP contribution is -2.14. The minimum absolute atomic E-state index is 0.198. The Balaban J connectivity index is 2.13. The van der Waals surface area contributed by atoms with Gasteiger partial charge in [-0.1, -0.05) is 6.07 Å². The molecule has 0 spiro atoms. The highest BCUT2D eigenvalue weighted by molar-refractivity contribution is 5.31. The van der Waals surface area contributed by atoms with Gasteiger partial charge in [0.1, 0.15) is 0 Å². The van der Waals surface area contributed by atoms with Crippen LogP contribution in [0.1, 0.15) is 17.4 Å². The predicted octanol–water partition coefficient (Wildman–Crippen LogP) is 0.600. The van der Waals surface area contributed by atoms with Gasteiger partial charge in [-0.05, 0) is 22.9 Å². The number of halogens is 1. The van der Waals surface area contributed by atoms with Crippen molar-refractivity contribution in [2.24, 2.45) is 12.8 Å². The van der Waals surface area contributed by atoms with Crippen molar-refractivity contribution in [3.8, 4) is 5.75 Å². The number of nitrogens with two attached hydrogens (primary N) is 1. The third kappa shape index (κ3) is 2.62. The number of ether oxygens (including phenoxy) is 1. The first-order valence-electron chi connectivity index (χ1n) is 5.42. The number of aryl methyl sites for hydroxylation is 1. The van der Waals surface area contributed by atoms with E-state index in [1.165, 1.54) is 18.0 Å². The maximum absolute atomic E-state index is 13.5. The summed E-state index contributed by atoms with van der Waals surface area (Å²) in [4.78, 5) is 1.36. The fourth-order valence-electron chi connectivity index (χ4n) is 1.63. The zero-order valence-corrected chi connectivity index (χ0v) is 10.2. The molecule has 18 heavy (non-hydrogen) atoms. The molecule has 96 valence electrons. The quantitative estimate of drug-likeness (QED) is 0.860. The van der Waals surface area contributed by atoms with E-state index < -0.39 is 5.82 Å². The van der Waals surface area contributed by atoms with Crippen LogP contribution in [0.4, 0.5) is 4.39 Å². The van der Waals surface area contributed by atoms with E-state index in [9.17, 15) is 4.39 Å². The highest BCUT2D eigenvalue weighted by atomic mass is 19.1. The van der Waals surface area contributed by atoms with Crippen molar-refractivity contribution in [3.63, 3.8) is 0 Å². The van der Waals surface area contributed by atoms with Crippen LogP contribution in [0.3, 0.4) is 0 Å². The number of rotatable bonds is 4. The molecule has 6 nitrogen and oxygen atoms in total. The van der Waals surface area contributed by atoms with Crippen molar-refractivity contribution in [2.45, 2.75) is 12.5 Å². The highest BCUT2D eigenvalue weighted by Crippen LogP contribution is 2.22. The molecular formula is C11H14FN5O. The summed E-state index contributed by atoms with van der Waals surface area (Å²) in [6.45, 7) is 0. The summed E-state index contributed by atoms with van der Waals surface area (Å²) < 4.78 is 18.4. The SMILES string of the molecule is COc1ccc(C(N)Cc2nnn(C)n2)cc1F. The Morgan fingerprint density at radius 3 is 2.83 bits per heavy atom. The van der Waals surface area contributed by atoms with E-state index in [2.05, 4.69) is 15.4 Å². The molecule has 1 aromatic carbocycles. The lowest BCUT2D eigenvalue weighted by atomic mass is 10.0. The molecule has 0 saturated carbocycles. The average Bonchev–Trinajstić information content (AvgIpc) is 2.74. The van der Waals surface area contributed by atoms with Crippen LogP contribution in [0.2, 0.25) is 0 Å². The Hall–Kier alpha value is -2.02. The molecule has 0 bridgehead atoms. The van der Waals surface area contributed by atoms with Gasteiger partial charge >= 0.3 is 0 Å². The van der Waals surface area contributed by atoms with Crippen LogP contribution < -0.4 is 10.5 Å². The van der Waals surface area contributed by atoms with Crippen molar-refractivity contribution < 1.29 is 9.13 Å². The van der Waals surface area contributed by atoms with Crippen LogP contribution in [0.5, 0.6) is 5.75 Å². The molecule has 0 saturated heterocycles. The molecular weight excluding hydrogens is 237 g/mol. The normalized spacial score (nSPS) is 12.4. The fourth-order valence-corrected chi connectivity index (χ4v) is 1.63. The van der Waals surface area contributed by atoms with E-state index in [4.69, 9.17) is 10.5 Å². The summed E-state index contributed by atoms with van der Waals surface area (Å²) in [6, 6.07) is 4.26. The van der Waals surface area contributed by atoms with Crippen molar-refractivity contribution in [1.29, 1.82) is 0 Å². The van der Waals surface area contributed by atoms with Gasteiger partial charge in [0.25, 0.3) is 0 Å². The molecule has 2 rings (SSSR count). The van der Waals surface area contributed by atoms with E-state index >= 15 is 0 Å². The average molecular weight is 251 g/mol. The fraction of sp³-hybridized carbons (Fsp3) is 0.364. The third-order valence-electron chi connectivity index (χ3n) is 2.56. The largest absolute Gasteiger partial charge is 0.494 e. The Morgan fingerprint density at radius 1 is 1.50 bits per heavy atom. The number of aromatic nitrogens is 4. The predicted molar refractivity (Wildman–Crippen MR) is 62.4 cm³/mol. The first-order chi connectivity index (χ1) is 8.60. The standard InChI is InChI=1S/C11H14FN5O/c1-17-15-11(14-16-17)6-9(13)7-3-4-10(18-2)8(12)5-7/h3-5,9H,6,13H2,1-2H3. The van der Waals surface area contributed by atoms with Crippen molar-refractivity contribution in [1.82, 2.24) is 20.2 Å². The monoisotopic (exact) mass is 251 g/mol. The lowest BCUT2D eigenvalue weighted by Gasteiger charge is -2.11. The van der Waals surface area contributed by atoms with Gasteiger partial charge < -0.3 is 10.5 Å². The smallest absolute Gasteiger partial charge is 0.176 e. The maximum atomic E-state index is 13.5. The maximum Gasteiger partial charge on any atom is 0.176 e. The molecule has 0 aliphatic heterocycles. The number of tetrazole rings is 1. The summed E-state index contributed by atoms with van der Waals surface area (Å²) in [5.74, 6) is 0.294. The molecule has 1 atom stereocenters. The van der Waals surface area contributed by atoms with Gasteiger partial charge in [-0.25, -0.2) is 4.39 Å². The highest BCUT2D eigenvalue weighted by Gasteiger charge is 2.13. The van der Waals surface area contributed by atoms with Crippen molar-refractivity contribution in [3.05, 3.63) is 35.4 Å². The second kappa shape index (κ2) is 5.09. The zero-order valence-electron chi connectivity index (χ0n) is 10.2. The summed E-state index contributed by atoms with van der Waals surface area (Å²) in [5, 5.41) is 11.6. The molecule has 0 fully saturated rings. The molecule has 0 amide bonds. The van der Waals surface area contributed by atoms with Crippen LogP contribution in [-0.4, -0.2) is 27.3 Å². The number of hydrogen-bond acceptors (Lipinski definition) is 5. The minimum Gasteiger partial charge on any atom is -0.494 e. The molecule has 1 unspecified atom stereocenters. The van der Waals surface area contributed by atoms with E-state index in [1.807, 2.05) is 0 Å². The molecule has 1 heterocycles. The number of benzene rings is 1. The van der Waals surface area contributed by atoms with Gasteiger partial charge in [-0.15, -0.1) is 10.2 Å². The van der Waals surface area contributed by atoms with Crippen LogP contribution in [0.25, 0.3) is 0 Å². The Morgan fingerprint density at radius 2 is 2.28 bits per heavy atom. The number of nitrogens with zero attached hydrogens (tertiary/aromatic N) is 4. The van der Waals surface area contributed by atoms with E-state index in [0.717, 1.165) is 0 Å². The molecule has 2 aromatic rings. The van der Waals surface area contributed by atoms with Gasteiger partial charge in [0, 0.05) is 12.5 Å². The number of hydrogen-bond donors (Lipinski definition) is 1. The Kier molecular flexibility index (Phi) is 3.52. The summed E-state index contributed by atoms with van der Waals surface area (Å²) >= 11 is 0. The molecule has 0 aliphatic rings. The van der Waals surface area contributed by atoms with Gasteiger partial charge in [0.15, 0.2) is 17.4 Å². The Labute approximate surface area is 104 Å². The van der Waals surface area contributed by atoms with Gasteiger partial charge in [-0.3, -0.25) is 0 Å². The summed E-state index contributed by atoms with van der Waals surface area (Å²) in [5.41, 5.74) is 6.64. The Bertz CT molecular complexity index is 542. The minimum atomic E-state index is -0.433. The second-order valence-corrected chi connectivity index (χ2v) is 3.90. The second-order valence-electron chi connectivity index (χ2n) is 3.90. The van der Waals surface area contributed by atoms with Crippen LogP contribution in [0.15, 0.2) is 18.2 Å². The van der Waals surface area contributed by atoms with Crippen LogP contribution in [-0.2, 0) is 13.5 Å². The molecule has 1 aromatic heterocycles. The van der Waals surface area contributed by atoms with Crippen molar-refractivity contribution in [2.75, 3.05) is 7.11 Å². The van der Waals surface area contributed by atoms with Crippen LogP contribution >= 0.6 is 0 Å². The van der Waals surface area contributed by atoms with Crippen LogP contribution in [0, 0.1) is 5.82 Å². The number of methoxy groups -OCH3 is 1. The van der Waals surface area contributed by atoms with Gasteiger partial charge in [0.05, 0.1) is 14.2 Å². The molecule has 7 heteroatoms. The lowest BCUT2D eigenvalue weighted by molar-refractivity contribution is 0.386.